The van der Waals surface area contributed by atoms with Crippen molar-refractivity contribution in [2.45, 2.75) is 19.4 Å². The Bertz CT molecular complexity index is 2370. The molecule has 5 nitrogen and oxygen atoms in total. The molecule has 2 heterocycles. The quantitative estimate of drug-likeness (QED) is 0.111. The molecule has 0 N–H and O–H groups in total. The molecule has 2 aliphatic rings. The second kappa shape index (κ2) is 11.4. The standard InChI is InChI=1S/C43H32O5/c1-26-9-10-27(2)38(21-26)43(31-17-13-28(14-18-31)11-12-29-15-19-32(45-3)20-16-29)24-30-25-47-42(44)37-22-35-33-7-5-6-8-34(33)39(46-4)23-36(35)41(48-43)40(30)37/h5-10,13-24H,25H2,1-4H3. The Kier molecular flexibility index (Phi) is 6.96. The molecule has 234 valence electrons. The summed E-state index contributed by atoms with van der Waals surface area (Å²) >= 11 is 0. The summed E-state index contributed by atoms with van der Waals surface area (Å²) in [7, 11) is 3.33. The topological polar surface area (TPSA) is 54.0 Å². The molecule has 48 heavy (non-hydrogen) atoms. The molecule has 0 saturated carbocycles. The van der Waals surface area contributed by atoms with Crippen molar-refractivity contribution >= 4 is 33.1 Å². The molecule has 0 bridgehead atoms. The Morgan fingerprint density at radius 1 is 0.729 bits per heavy atom. The predicted octanol–water partition coefficient (Wildman–Crippen LogP) is 8.92. The van der Waals surface area contributed by atoms with E-state index in [-0.39, 0.29) is 12.6 Å². The molecular weight excluding hydrogens is 596 g/mol. The minimum atomic E-state index is -1.02. The number of methoxy groups -OCH3 is 2. The maximum absolute atomic E-state index is 13.3. The SMILES string of the molecule is COc1ccc(C#Cc2ccc(C3(c4cc(C)ccc4C)C=C4COC(=O)c5cc6c(cc(OC)c7ccccc76)c(c54)O3)cc2)cc1. The third kappa shape index (κ3) is 4.68. The van der Waals surface area contributed by atoms with Crippen LogP contribution in [-0.4, -0.2) is 26.8 Å². The van der Waals surface area contributed by atoms with Gasteiger partial charge in [0.1, 0.15) is 23.9 Å². The summed E-state index contributed by atoms with van der Waals surface area (Å²) in [4.78, 5) is 13.3. The number of aryl methyl sites for hydroxylation is 2. The van der Waals surface area contributed by atoms with Crippen molar-refractivity contribution in [2.75, 3.05) is 20.8 Å². The highest BCUT2D eigenvalue weighted by Crippen LogP contribution is 2.52. The number of hydrogen-bond donors (Lipinski definition) is 0. The zero-order chi connectivity index (χ0) is 33.0. The van der Waals surface area contributed by atoms with Gasteiger partial charge in [0.15, 0.2) is 5.60 Å². The van der Waals surface area contributed by atoms with Crippen molar-refractivity contribution in [1.82, 2.24) is 0 Å². The fourth-order valence-corrected chi connectivity index (χ4v) is 6.97. The van der Waals surface area contributed by atoms with Crippen LogP contribution in [0.25, 0.3) is 27.1 Å². The minimum Gasteiger partial charge on any atom is -0.497 e. The molecule has 1 unspecified atom stereocenters. The van der Waals surface area contributed by atoms with E-state index in [2.05, 4.69) is 68.2 Å². The summed E-state index contributed by atoms with van der Waals surface area (Å²) in [6, 6.07) is 34.4. The highest BCUT2D eigenvalue weighted by Gasteiger charge is 2.44. The number of rotatable bonds is 4. The molecule has 0 aromatic heterocycles. The van der Waals surface area contributed by atoms with Crippen LogP contribution >= 0.6 is 0 Å². The fraction of sp³-hybridized carbons (Fsp3) is 0.140. The molecule has 6 aromatic rings. The van der Waals surface area contributed by atoms with E-state index in [9.17, 15) is 4.79 Å². The average molecular weight is 629 g/mol. The van der Waals surface area contributed by atoms with Crippen LogP contribution in [0.5, 0.6) is 17.2 Å². The summed E-state index contributed by atoms with van der Waals surface area (Å²) < 4.78 is 24.4. The van der Waals surface area contributed by atoms with Crippen LogP contribution in [0.1, 0.15) is 49.3 Å². The Labute approximate surface area is 279 Å². The number of ether oxygens (including phenoxy) is 4. The van der Waals surface area contributed by atoms with Gasteiger partial charge >= 0.3 is 5.97 Å². The number of esters is 1. The lowest BCUT2D eigenvalue weighted by atomic mass is 9.77. The van der Waals surface area contributed by atoms with Crippen LogP contribution in [0.2, 0.25) is 0 Å². The number of carbonyl (C=O) groups is 1. The second-order valence-corrected chi connectivity index (χ2v) is 12.3. The normalized spacial score (nSPS) is 16.2. The Hall–Kier alpha value is -5.99. The molecule has 1 atom stereocenters. The van der Waals surface area contributed by atoms with Gasteiger partial charge in [0.05, 0.1) is 19.8 Å². The summed E-state index contributed by atoms with van der Waals surface area (Å²) in [5.74, 6) is 8.37. The third-order valence-corrected chi connectivity index (χ3v) is 9.39. The van der Waals surface area contributed by atoms with Crippen molar-refractivity contribution in [3.8, 4) is 29.1 Å². The first-order valence-electron chi connectivity index (χ1n) is 15.9. The molecule has 8 rings (SSSR count). The highest BCUT2D eigenvalue weighted by atomic mass is 16.5. The van der Waals surface area contributed by atoms with Crippen LogP contribution in [0.15, 0.2) is 109 Å². The van der Waals surface area contributed by atoms with E-state index in [0.717, 1.165) is 77.6 Å². The first-order chi connectivity index (χ1) is 23.4. The van der Waals surface area contributed by atoms with Crippen molar-refractivity contribution in [3.05, 3.63) is 154 Å². The average Bonchev–Trinajstić information content (AvgIpc) is 3.13. The zero-order valence-corrected chi connectivity index (χ0v) is 27.1. The fourth-order valence-electron chi connectivity index (χ4n) is 6.97. The Morgan fingerprint density at radius 2 is 1.44 bits per heavy atom. The maximum atomic E-state index is 13.3. The van der Waals surface area contributed by atoms with E-state index in [1.807, 2.05) is 66.7 Å². The summed E-state index contributed by atoms with van der Waals surface area (Å²) in [5.41, 5.74) is 7.10. The Balaban J connectivity index is 1.35. The number of benzene rings is 6. The number of hydrogen-bond acceptors (Lipinski definition) is 5. The first-order valence-corrected chi connectivity index (χ1v) is 15.9. The Morgan fingerprint density at radius 3 is 2.15 bits per heavy atom. The van der Waals surface area contributed by atoms with Gasteiger partial charge in [0.2, 0.25) is 0 Å². The highest BCUT2D eigenvalue weighted by molar-refractivity contribution is 6.17. The zero-order valence-electron chi connectivity index (χ0n) is 27.1. The van der Waals surface area contributed by atoms with E-state index in [0.29, 0.717) is 11.3 Å². The van der Waals surface area contributed by atoms with Gasteiger partial charge in [-0.2, -0.15) is 0 Å². The monoisotopic (exact) mass is 628 g/mol. The van der Waals surface area contributed by atoms with Crippen molar-refractivity contribution in [1.29, 1.82) is 0 Å². The van der Waals surface area contributed by atoms with E-state index in [1.165, 1.54) is 0 Å². The first kappa shape index (κ1) is 29.4. The predicted molar refractivity (Wildman–Crippen MR) is 189 cm³/mol. The molecule has 6 aromatic carbocycles. The smallest absolute Gasteiger partial charge is 0.339 e. The van der Waals surface area contributed by atoms with Gasteiger partial charge in [0.25, 0.3) is 0 Å². The van der Waals surface area contributed by atoms with Crippen LogP contribution in [0, 0.1) is 25.7 Å². The molecule has 0 amide bonds. The lowest BCUT2D eigenvalue weighted by molar-refractivity contribution is 0.0534. The molecule has 5 heteroatoms. The summed E-state index contributed by atoms with van der Waals surface area (Å²) in [6.07, 6.45) is 2.13. The largest absolute Gasteiger partial charge is 0.497 e. The van der Waals surface area contributed by atoms with Gasteiger partial charge < -0.3 is 18.9 Å². The second-order valence-electron chi connectivity index (χ2n) is 12.3. The van der Waals surface area contributed by atoms with E-state index in [4.69, 9.17) is 18.9 Å². The van der Waals surface area contributed by atoms with Gasteiger partial charge in [-0.05, 0) is 84.8 Å². The van der Waals surface area contributed by atoms with Gasteiger partial charge in [-0.1, -0.05) is 72.0 Å². The summed E-state index contributed by atoms with van der Waals surface area (Å²) in [6.45, 7) is 4.34. The van der Waals surface area contributed by atoms with Crippen LogP contribution in [-0.2, 0) is 10.3 Å². The van der Waals surface area contributed by atoms with Gasteiger partial charge in [-0.15, -0.1) is 0 Å². The van der Waals surface area contributed by atoms with Crippen molar-refractivity contribution in [2.24, 2.45) is 0 Å². The van der Waals surface area contributed by atoms with Crippen LogP contribution in [0.3, 0.4) is 0 Å². The van der Waals surface area contributed by atoms with Gasteiger partial charge in [0, 0.05) is 44.2 Å². The molecule has 0 saturated heterocycles. The molecule has 2 aliphatic heterocycles. The van der Waals surface area contributed by atoms with Gasteiger partial charge in [-0.25, -0.2) is 4.79 Å². The van der Waals surface area contributed by atoms with Crippen molar-refractivity contribution in [3.63, 3.8) is 0 Å². The molecular formula is C43H32O5. The van der Waals surface area contributed by atoms with Gasteiger partial charge in [-0.3, -0.25) is 0 Å². The van der Waals surface area contributed by atoms with Crippen LogP contribution < -0.4 is 14.2 Å². The summed E-state index contributed by atoms with van der Waals surface area (Å²) in [5, 5.41) is 3.71. The molecule has 0 aliphatic carbocycles. The lowest BCUT2D eigenvalue weighted by Gasteiger charge is -2.41. The van der Waals surface area contributed by atoms with E-state index >= 15 is 0 Å². The molecule has 0 radical (unpaired) electrons. The number of cyclic esters (lactones) is 1. The molecule has 0 spiro atoms. The van der Waals surface area contributed by atoms with E-state index < -0.39 is 5.60 Å². The molecule has 0 fully saturated rings. The third-order valence-electron chi connectivity index (χ3n) is 9.39. The maximum Gasteiger partial charge on any atom is 0.339 e. The van der Waals surface area contributed by atoms with E-state index in [1.54, 1.807) is 14.2 Å². The number of fused-ring (bicyclic) bond motifs is 4. The van der Waals surface area contributed by atoms with Crippen molar-refractivity contribution < 1.29 is 23.7 Å². The number of carbonyl (C=O) groups excluding carboxylic acids is 1. The van der Waals surface area contributed by atoms with Crippen LogP contribution in [0.4, 0.5) is 0 Å². The minimum absolute atomic E-state index is 0.149. The lowest BCUT2D eigenvalue weighted by Crippen LogP contribution is -2.38.